The Morgan fingerprint density at radius 3 is 2.78 bits per heavy atom. The van der Waals surface area contributed by atoms with Crippen molar-refractivity contribution in [3.8, 4) is 0 Å². The number of hydrogen-bond donors (Lipinski definition) is 0. The van der Waals surface area contributed by atoms with Gasteiger partial charge in [-0.15, -0.1) is 11.6 Å². The van der Waals surface area contributed by atoms with Crippen LogP contribution in [-0.2, 0) is 0 Å². The zero-order valence-corrected chi connectivity index (χ0v) is 6.23. The summed E-state index contributed by atoms with van der Waals surface area (Å²) in [5.41, 5.74) is 0.981. The summed E-state index contributed by atoms with van der Waals surface area (Å²) >= 11 is 5.52. The van der Waals surface area contributed by atoms with Gasteiger partial charge in [-0.2, -0.15) is 0 Å². The number of nitrogens with zero attached hydrogens (tertiary/aromatic N) is 1. The van der Waals surface area contributed by atoms with Crippen LogP contribution in [-0.4, -0.2) is 12.6 Å². The Balaban J connectivity index is 3.96. The molecular formula is C7H10ClN. The highest BCUT2D eigenvalue weighted by atomic mass is 35.5. The number of allylic oxidation sites excluding steroid dienone is 3. The molecule has 0 amide bonds. The van der Waals surface area contributed by atoms with Crippen molar-refractivity contribution >= 4 is 18.3 Å². The minimum Gasteiger partial charge on any atom is -0.272 e. The Morgan fingerprint density at radius 1 is 1.78 bits per heavy atom. The third-order valence-electron chi connectivity index (χ3n) is 0.792. The Kier molecular flexibility index (Phi) is 5.23. The second-order valence-corrected chi connectivity index (χ2v) is 1.79. The number of rotatable bonds is 3. The van der Waals surface area contributed by atoms with Gasteiger partial charge < -0.3 is 0 Å². The number of alkyl halides is 1. The molecular weight excluding hydrogens is 134 g/mol. The highest BCUT2D eigenvalue weighted by Gasteiger charge is 1.83. The summed E-state index contributed by atoms with van der Waals surface area (Å²) in [7, 11) is 0. The van der Waals surface area contributed by atoms with E-state index in [1.165, 1.54) is 0 Å². The van der Waals surface area contributed by atoms with Gasteiger partial charge in [-0.3, -0.25) is 4.99 Å². The molecule has 0 spiro atoms. The molecule has 0 aliphatic carbocycles. The molecule has 50 valence electrons. The predicted molar refractivity (Wildman–Crippen MR) is 43.2 cm³/mol. The summed E-state index contributed by atoms with van der Waals surface area (Å²) < 4.78 is 0. The lowest BCUT2D eigenvalue weighted by molar-refractivity contribution is 1.44. The van der Waals surface area contributed by atoms with Crippen LogP contribution < -0.4 is 0 Å². The van der Waals surface area contributed by atoms with E-state index in [0.29, 0.717) is 5.88 Å². The molecule has 0 fully saturated rings. The maximum absolute atomic E-state index is 5.52. The first-order valence-corrected chi connectivity index (χ1v) is 3.22. The molecule has 0 saturated carbocycles. The average Bonchev–Trinajstić information content (AvgIpc) is 1.88. The molecule has 0 unspecified atom stereocenters. The lowest BCUT2D eigenvalue weighted by Crippen LogP contribution is -1.75. The zero-order chi connectivity index (χ0) is 7.11. The van der Waals surface area contributed by atoms with Crippen LogP contribution in [0.25, 0.3) is 0 Å². The van der Waals surface area contributed by atoms with Gasteiger partial charge in [0.15, 0.2) is 0 Å². The van der Waals surface area contributed by atoms with Crippen LogP contribution in [0.4, 0.5) is 0 Å². The zero-order valence-electron chi connectivity index (χ0n) is 5.47. The van der Waals surface area contributed by atoms with E-state index in [2.05, 4.69) is 11.7 Å². The fourth-order valence-corrected chi connectivity index (χ4v) is 0.612. The third kappa shape index (κ3) is 3.98. The SMILES string of the molecule is C=N/C=C(\C=C/C)CCl. The van der Waals surface area contributed by atoms with Crippen molar-refractivity contribution in [2.24, 2.45) is 4.99 Å². The summed E-state index contributed by atoms with van der Waals surface area (Å²) in [6.45, 7) is 5.25. The Bertz CT molecular complexity index is 136. The maximum atomic E-state index is 5.52. The maximum Gasteiger partial charge on any atom is 0.0489 e. The van der Waals surface area contributed by atoms with Crippen molar-refractivity contribution in [1.82, 2.24) is 0 Å². The number of hydrogen-bond acceptors (Lipinski definition) is 1. The summed E-state index contributed by atoms with van der Waals surface area (Å²) in [6.07, 6.45) is 5.47. The van der Waals surface area contributed by atoms with E-state index >= 15 is 0 Å². The largest absolute Gasteiger partial charge is 0.272 e. The first kappa shape index (κ1) is 8.44. The molecule has 0 atom stereocenters. The smallest absolute Gasteiger partial charge is 0.0489 e. The molecule has 9 heavy (non-hydrogen) atoms. The minimum atomic E-state index is 0.489. The van der Waals surface area contributed by atoms with Crippen LogP contribution >= 0.6 is 11.6 Å². The van der Waals surface area contributed by atoms with Crippen molar-refractivity contribution < 1.29 is 0 Å². The minimum absolute atomic E-state index is 0.489. The lowest BCUT2D eigenvalue weighted by atomic mass is 10.3. The molecule has 0 aliphatic rings. The summed E-state index contributed by atoms with van der Waals surface area (Å²) in [5.74, 6) is 0.489. The second kappa shape index (κ2) is 5.57. The molecule has 0 radical (unpaired) electrons. The number of aliphatic imine (C=N–C) groups is 1. The predicted octanol–water partition coefficient (Wildman–Crippen LogP) is 2.39. The van der Waals surface area contributed by atoms with E-state index in [1.807, 2.05) is 19.1 Å². The summed E-state index contributed by atoms with van der Waals surface area (Å²) in [6, 6.07) is 0. The molecule has 0 bridgehead atoms. The van der Waals surface area contributed by atoms with E-state index in [-0.39, 0.29) is 0 Å². The highest BCUT2D eigenvalue weighted by molar-refractivity contribution is 6.19. The van der Waals surface area contributed by atoms with Crippen LogP contribution in [0.5, 0.6) is 0 Å². The van der Waals surface area contributed by atoms with Crippen molar-refractivity contribution in [2.75, 3.05) is 5.88 Å². The van der Waals surface area contributed by atoms with Crippen LogP contribution in [0.3, 0.4) is 0 Å². The topological polar surface area (TPSA) is 12.4 Å². The van der Waals surface area contributed by atoms with Crippen LogP contribution in [0.1, 0.15) is 6.92 Å². The van der Waals surface area contributed by atoms with Gasteiger partial charge >= 0.3 is 0 Å². The normalized spacial score (nSPS) is 12.4. The fourth-order valence-electron chi connectivity index (χ4n) is 0.453. The van der Waals surface area contributed by atoms with Crippen LogP contribution in [0.2, 0.25) is 0 Å². The quantitative estimate of drug-likeness (QED) is 0.327. The van der Waals surface area contributed by atoms with Gasteiger partial charge in [0.2, 0.25) is 0 Å². The molecule has 0 aliphatic heterocycles. The summed E-state index contributed by atoms with van der Waals surface area (Å²) in [4.78, 5) is 3.58. The lowest BCUT2D eigenvalue weighted by Gasteiger charge is -1.88. The monoisotopic (exact) mass is 143 g/mol. The van der Waals surface area contributed by atoms with E-state index in [0.717, 1.165) is 5.57 Å². The molecule has 0 saturated heterocycles. The standard InChI is InChI=1S/C7H10ClN/c1-3-4-7(5-8)6-9-2/h3-4,6H,2,5H2,1H3/b4-3-,7-6+. The fraction of sp³-hybridized carbons (Fsp3) is 0.286. The van der Waals surface area contributed by atoms with Gasteiger partial charge in [0, 0.05) is 12.1 Å². The first-order valence-electron chi connectivity index (χ1n) is 2.68. The molecule has 0 aromatic heterocycles. The molecule has 1 nitrogen and oxygen atoms in total. The number of halogens is 1. The first-order chi connectivity index (χ1) is 4.35. The molecule has 0 N–H and O–H groups in total. The molecule has 0 rings (SSSR count). The molecule has 0 heterocycles. The van der Waals surface area contributed by atoms with E-state index < -0.39 is 0 Å². The van der Waals surface area contributed by atoms with Gasteiger partial charge in [-0.1, -0.05) is 12.2 Å². The Hall–Kier alpha value is -0.560. The van der Waals surface area contributed by atoms with Crippen LogP contribution in [0.15, 0.2) is 28.9 Å². The molecule has 0 aromatic carbocycles. The van der Waals surface area contributed by atoms with Crippen molar-refractivity contribution in [1.29, 1.82) is 0 Å². The van der Waals surface area contributed by atoms with E-state index in [4.69, 9.17) is 11.6 Å². The average molecular weight is 144 g/mol. The van der Waals surface area contributed by atoms with Crippen LogP contribution in [0, 0.1) is 0 Å². The van der Waals surface area contributed by atoms with Gasteiger partial charge in [-0.05, 0) is 19.2 Å². The van der Waals surface area contributed by atoms with Crippen molar-refractivity contribution in [2.45, 2.75) is 6.92 Å². The Labute approximate surface area is 60.7 Å². The second-order valence-electron chi connectivity index (χ2n) is 1.52. The Morgan fingerprint density at radius 2 is 2.44 bits per heavy atom. The van der Waals surface area contributed by atoms with Gasteiger partial charge in [-0.25, -0.2) is 0 Å². The van der Waals surface area contributed by atoms with Crippen molar-refractivity contribution in [3.05, 3.63) is 23.9 Å². The van der Waals surface area contributed by atoms with E-state index in [1.54, 1.807) is 6.20 Å². The third-order valence-corrected chi connectivity index (χ3v) is 1.10. The summed E-state index contributed by atoms with van der Waals surface area (Å²) in [5, 5.41) is 0. The van der Waals surface area contributed by atoms with Gasteiger partial charge in [0.05, 0.1) is 0 Å². The molecule has 2 heteroatoms. The van der Waals surface area contributed by atoms with Gasteiger partial charge in [0.1, 0.15) is 0 Å². The molecule has 0 aromatic rings. The highest BCUT2D eigenvalue weighted by Crippen LogP contribution is 1.98. The van der Waals surface area contributed by atoms with Gasteiger partial charge in [0.25, 0.3) is 0 Å². The van der Waals surface area contributed by atoms with E-state index in [9.17, 15) is 0 Å². The van der Waals surface area contributed by atoms with Crippen molar-refractivity contribution in [3.63, 3.8) is 0 Å².